The lowest BCUT2D eigenvalue weighted by Gasteiger charge is -2.34. The molecule has 0 fully saturated rings. The Morgan fingerprint density at radius 3 is 2.85 bits per heavy atom. The fourth-order valence-electron chi connectivity index (χ4n) is 5.34. The average molecular weight is 469 g/mol. The summed E-state index contributed by atoms with van der Waals surface area (Å²) in [5.41, 5.74) is 5.71. The highest BCUT2D eigenvalue weighted by Crippen LogP contribution is 2.60. The van der Waals surface area contributed by atoms with Crippen LogP contribution in [0, 0.1) is 18.8 Å². The van der Waals surface area contributed by atoms with Crippen molar-refractivity contribution in [3.8, 4) is 0 Å². The lowest BCUT2D eigenvalue weighted by atomic mass is 9.84. The number of hydrogen-bond acceptors (Lipinski definition) is 4. The summed E-state index contributed by atoms with van der Waals surface area (Å²) in [7, 11) is 0. The molecule has 33 heavy (non-hydrogen) atoms. The second-order valence-corrected chi connectivity index (χ2v) is 11.9. The van der Waals surface area contributed by atoms with Crippen LogP contribution in [0.1, 0.15) is 18.4 Å². The van der Waals surface area contributed by atoms with E-state index in [-0.39, 0.29) is 0 Å². The highest BCUT2D eigenvalue weighted by molar-refractivity contribution is 8.18. The lowest BCUT2D eigenvalue weighted by Crippen LogP contribution is -2.48. The van der Waals surface area contributed by atoms with E-state index in [1.54, 1.807) is 0 Å². The van der Waals surface area contributed by atoms with Crippen LogP contribution < -0.4 is 0 Å². The zero-order chi connectivity index (χ0) is 22.0. The number of benzene rings is 2. The molecule has 162 valence electrons. The summed E-state index contributed by atoms with van der Waals surface area (Å²) in [4.78, 5) is 1.24. The molecule has 0 saturated carbocycles. The predicted octanol–water partition coefficient (Wildman–Crippen LogP) is 7.65. The quantitative estimate of drug-likeness (QED) is 0.402. The minimum Gasteiger partial charge on any atom is -0.0798 e. The fourth-order valence-corrected chi connectivity index (χ4v) is 8.72. The third kappa shape index (κ3) is 3.00. The number of azo groups is 4. The molecule has 4 atom stereocenters. The van der Waals surface area contributed by atoms with E-state index in [0.29, 0.717) is 17.1 Å². The highest BCUT2D eigenvalue weighted by Gasteiger charge is 2.68. The monoisotopic (exact) mass is 468 g/mol. The normalized spacial score (nSPS) is 31.0. The molecule has 1 spiro atoms. The SMILES string of the molecule is Cc1cccc2c1S[C@]13SC4C(=CC=CC4CC4C=C(C=CC4)[N+]1=N2)N=[N+]3c1ccccc1. The van der Waals surface area contributed by atoms with Gasteiger partial charge in [0.05, 0.1) is 21.9 Å². The van der Waals surface area contributed by atoms with E-state index in [9.17, 15) is 0 Å². The maximum atomic E-state index is 5.34. The maximum Gasteiger partial charge on any atom is 0.512 e. The Kier molecular flexibility index (Phi) is 4.43. The van der Waals surface area contributed by atoms with Gasteiger partial charge in [0.1, 0.15) is 11.4 Å². The van der Waals surface area contributed by atoms with Crippen molar-refractivity contribution in [3.05, 3.63) is 102 Å². The Hall–Kier alpha value is -2.70. The van der Waals surface area contributed by atoms with Gasteiger partial charge in [0, 0.05) is 49.6 Å². The number of nitrogens with zero attached hydrogens (tertiary/aromatic N) is 4. The molecule has 3 heterocycles. The van der Waals surface area contributed by atoms with E-state index in [1.807, 2.05) is 23.5 Å². The second-order valence-electron chi connectivity index (χ2n) is 9.14. The van der Waals surface area contributed by atoms with Crippen molar-refractivity contribution in [2.24, 2.45) is 22.1 Å². The van der Waals surface area contributed by atoms with Crippen LogP contribution >= 0.6 is 23.5 Å². The lowest BCUT2D eigenvalue weighted by molar-refractivity contribution is -0.766. The molecular weight excluding hydrogens is 444 g/mol. The van der Waals surface area contributed by atoms with Gasteiger partial charge in [-0.25, -0.2) is 0 Å². The Balaban J connectivity index is 1.56. The first-order valence-electron chi connectivity index (χ1n) is 11.5. The van der Waals surface area contributed by atoms with Crippen LogP contribution in [-0.2, 0) is 0 Å². The van der Waals surface area contributed by atoms with Gasteiger partial charge in [0.2, 0.25) is 11.4 Å². The minimum atomic E-state index is -0.547. The van der Waals surface area contributed by atoms with Gasteiger partial charge < -0.3 is 0 Å². The van der Waals surface area contributed by atoms with Gasteiger partial charge in [0.25, 0.3) is 0 Å². The largest absolute Gasteiger partial charge is 0.512 e. The number of aryl methyl sites for hydroxylation is 1. The summed E-state index contributed by atoms with van der Waals surface area (Å²) in [6.45, 7) is 2.19. The van der Waals surface area contributed by atoms with Crippen LogP contribution in [0.3, 0.4) is 0 Å². The molecule has 0 N–H and O–H groups in total. The predicted molar refractivity (Wildman–Crippen MR) is 133 cm³/mol. The zero-order valence-corrected chi connectivity index (χ0v) is 20.0. The third-order valence-electron chi connectivity index (χ3n) is 6.92. The number of fused-ring (bicyclic) bond motifs is 3. The van der Waals surface area contributed by atoms with Gasteiger partial charge in [0.15, 0.2) is 0 Å². The van der Waals surface area contributed by atoms with E-state index in [4.69, 9.17) is 10.2 Å². The van der Waals surface area contributed by atoms with Crippen LogP contribution in [0.4, 0.5) is 11.4 Å². The Morgan fingerprint density at radius 1 is 1.03 bits per heavy atom. The van der Waals surface area contributed by atoms with Crippen LogP contribution in [0.2, 0.25) is 0 Å². The Labute approximate surface area is 202 Å². The highest BCUT2D eigenvalue weighted by atomic mass is 32.2. The van der Waals surface area contributed by atoms with Crippen molar-refractivity contribution in [1.29, 1.82) is 0 Å². The van der Waals surface area contributed by atoms with Gasteiger partial charge in [-0.1, -0.05) is 48.6 Å². The molecule has 3 unspecified atom stereocenters. The summed E-state index contributed by atoms with van der Waals surface area (Å²) in [5.74, 6) is 0.974. The van der Waals surface area contributed by atoms with Crippen LogP contribution in [0.15, 0.2) is 112 Å². The van der Waals surface area contributed by atoms with Crippen LogP contribution in [0.5, 0.6) is 0 Å². The molecule has 2 aromatic carbocycles. The van der Waals surface area contributed by atoms with E-state index < -0.39 is 4.33 Å². The Morgan fingerprint density at radius 2 is 1.94 bits per heavy atom. The molecule has 5 aliphatic rings. The summed E-state index contributed by atoms with van der Waals surface area (Å²) >= 11 is 3.89. The van der Waals surface area contributed by atoms with E-state index in [2.05, 4.69) is 101 Å². The van der Waals surface area contributed by atoms with Crippen LogP contribution in [-0.4, -0.2) is 19.0 Å². The van der Waals surface area contributed by atoms with Crippen molar-refractivity contribution >= 4 is 34.9 Å². The van der Waals surface area contributed by atoms with Gasteiger partial charge in [-0.2, -0.15) is 0 Å². The number of para-hydroxylation sites is 1. The molecule has 3 aliphatic heterocycles. The smallest absolute Gasteiger partial charge is 0.0798 e. The van der Waals surface area contributed by atoms with E-state index >= 15 is 0 Å². The minimum absolute atomic E-state index is 0.305. The molecule has 4 bridgehead atoms. The molecule has 2 aliphatic carbocycles. The van der Waals surface area contributed by atoms with Crippen LogP contribution in [0.25, 0.3) is 0 Å². The maximum absolute atomic E-state index is 5.34. The Bertz CT molecular complexity index is 1350. The van der Waals surface area contributed by atoms with E-state index in [0.717, 1.165) is 29.9 Å². The molecule has 2 aromatic rings. The van der Waals surface area contributed by atoms with Crippen molar-refractivity contribution in [1.82, 2.24) is 0 Å². The topological polar surface area (TPSA) is 30.7 Å². The molecule has 6 heteroatoms. The molecule has 0 radical (unpaired) electrons. The number of hydrogen-bond donors (Lipinski definition) is 0. The standard InChI is InChI=1S/C27H24N4S2/c1-18-8-5-14-23-25(18)32-27-30(21-11-3-2-4-12-21)29-24-15-7-10-20(26(24)33-27)16-19-9-6-13-22(17-19)31(27)28-23/h2-8,10-15,17,19-20,26H,9,16H2,1H3/q+2/t19?,20?,26?,27-/m1/s1. The van der Waals surface area contributed by atoms with Gasteiger partial charge in [-0.05, 0) is 55.4 Å². The first-order chi connectivity index (χ1) is 16.2. The van der Waals surface area contributed by atoms with Gasteiger partial charge in [-0.3, -0.25) is 0 Å². The first-order valence-corrected chi connectivity index (χ1v) is 13.2. The van der Waals surface area contributed by atoms with Crippen molar-refractivity contribution in [3.63, 3.8) is 0 Å². The number of thioether (sulfide) groups is 2. The third-order valence-corrected chi connectivity index (χ3v) is 10.3. The van der Waals surface area contributed by atoms with Crippen molar-refractivity contribution in [2.45, 2.75) is 34.2 Å². The fraction of sp³-hybridized carbons (Fsp3) is 0.259. The molecule has 7 rings (SSSR count). The molecule has 0 saturated heterocycles. The molecule has 4 nitrogen and oxygen atoms in total. The molecule has 0 amide bonds. The first kappa shape index (κ1) is 19.7. The zero-order valence-electron chi connectivity index (χ0n) is 18.3. The second kappa shape index (κ2) is 7.40. The average Bonchev–Trinajstić information content (AvgIpc) is 2.88. The molecule has 0 aromatic heterocycles. The summed E-state index contributed by atoms with van der Waals surface area (Å²) in [5, 5.41) is 11.0. The summed E-state index contributed by atoms with van der Waals surface area (Å²) < 4.78 is 3.92. The number of rotatable bonds is 1. The van der Waals surface area contributed by atoms with Gasteiger partial charge >= 0.3 is 4.33 Å². The summed E-state index contributed by atoms with van der Waals surface area (Å²) in [6.07, 6.45) is 16.1. The van der Waals surface area contributed by atoms with E-state index in [1.165, 1.54) is 16.2 Å². The van der Waals surface area contributed by atoms with Crippen molar-refractivity contribution in [2.75, 3.05) is 0 Å². The number of allylic oxidation sites excluding steroid dienone is 6. The van der Waals surface area contributed by atoms with Crippen molar-refractivity contribution < 1.29 is 9.39 Å². The summed E-state index contributed by atoms with van der Waals surface area (Å²) in [6, 6.07) is 17.0. The van der Waals surface area contributed by atoms with Gasteiger partial charge in [-0.15, -0.1) is 0 Å². The molecular formula is C27H24N4S2+2.